The SMILES string of the molecule is CC(Nc1nccc(-n2cnc3cc(-c4cccc([N+](=O)[O-])c4)ccc32)n1)c1ccccc1. The van der Waals surface area contributed by atoms with Crippen LogP contribution in [-0.4, -0.2) is 24.4 Å². The summed E-state index contributed by atoms with van der Waals surface area (Å²) < 4.78 is 1.90. The van der Waals surface area contributed by atoms with Crippen LogP contribution in [0.1, 0.15) is 18.5 Å². The summed E-state index contributed by atoms with van der Waals surface area (Å²) in [5, 5.41) is 14.4. The van der Waals surface area contributed by atoms with Gasteiger partial charge in [-0.1, -0.05) is 48.5 Å². The van der Waals surface area contributed by atoms with Crippen molar-refractivity contribution in [1.82, 2.24) is 19.5 Å². The number of fused-ring (bicyclic) bond motifs is 1. The van der Waals surface area contributed by atoms with E-state index in [1.54, 1.807) is 24.7 Å². The van der Waals surface area contributed by atoms with E-state index in [1.165, 1.54) is 6.07 Å². The summed E-state index contributed by atoms with van der Waals surface area (Å²) in [5.74, 6) is 1.22. The third-order valence-electron chi connectivity index (χ3n) is 5.47. The summed E-state index contributed by atoms with van der Waals surface area (Å²) in [5.41, 5.74) is 4.48. The third-order valence-corrected chi connectivity index (χ3v) is 5.47. The van der Waals surface area contributed by atoms with E-state index in [1.807, 2.05) is 53.1 Å². The minimum Gasteiger partial charge on any atom is -0.348 e. The van der Waals surface area contributed by atoms with E-state index in [0.717, 1.165) is 27.7 Å². The van der Waals surface area contributed by atoms with Gasteiger partial charge in [0.1, 0.15) is 12.1 Å². The van der Waals surface area contributed by atoms with Crippen LogP contribution in [0.5, 0.6) is 0 Å². The molecule has 0 fully saturated rings. The number of nitro benzene ring substituents is 1. The van der Waals surface area contributed by atoms with Crippen LogP contribution in [0.2, 0.25) is 0 Å². The second kappa shape index (κ2) is 8.51. The van der Waals surface area contributed by atoms with E-state index in [9.17, 15) is 10.1 Å². The van der Waals surface area contributed by atoms with E-state index >= 15 is 0 Å². The van der Waals surface area contributed by atoms with Crippen molar-refractivity contribution in [3.63, 3.8) is 0 Å². The lowest BCUT2D eigenvalue weighted by molar-refractivity contribution is -0.384. The third kappa shape index (κ3) is 4.14. The van der Waals surface area contributed by atoms with Crippen LogP contribution in [0.3, 0.4) is 0 Å². The van der Waals surface area contributed by atoms with Crippen LogP contribution in [-0.2, 0) is 0 Å². The molecule has 1 atom stereocenters. The fraction of sp³-hybridized carbons (Fsp3) is 0.0800. The second-order valence-corrected chi connectivity index (χ2v) is 7.64. The van der Waals surface area contributed by atoms with Gasteiger partial charge in [0.25, 0.3) is 5.69 Å². The summed E-state index contributed by atoms with van der Waals surface area (Å²) >= 11 is 0. The summed E-state index contributed by atoms with van der Waals surface area (Å²) in [6, 6.07) is 24.4. The Morgan fingerprint density at radius 1 is 0.939 bits per heavy atom. The molecule has 1 unspecified atom stereocenters. The molecule has 3 aromatic carbocycles. The average Bonchev–Trinajstić information content (AvgIpc) is 3.28. The lowest BCUT2D eigenvalue weighted by atomic mass is 10.0. The highest BCUT2D eigenvalue weighted by Crippen LogP contribution is 2.28. The number of non-ortho nitro benzene ring substituents is 1. The number of aromatic nitrogens is 4. The Balaban J connectivity index is 1.44. The van der Waals surface area contributed by atoms with E-state index in [2.05, 4.69) is 39.3 Å². The molecule has 1 N–H and O–H groups in total. The number of anilines is 1. The van der Waals surface area contributed by atoms with Crippen LogP contribution >= 0.6 is 0 Å². The maximum absolute atomic E-state index is 11.1. The molecule has 0 saturated heterocycles. The van der Waals surface area contributed by atoms with Gasteiger partial charge in [0, 0.05) is 18.3 Å². The predicted octanol–water partition coefficient (Wildman–Crippen LogP) is 5.56. The number of hydrogen-bond donors (Lipinski definition) is 1. The first-order valence-corrected chi connectivity index (χ1v) is 10.5. The van der Waals surface area contributed by atoms with Crippen molar-refractivity contribution in [2.75, 3.05) is 5.32 Å². The number of benzene rings is 3. The molecule has 5 rings (SSSR count). The molecule has 8 nitrogen and oxygen atoms in total. The van der Waals surface area contributed by atoms with Gasteiger partial charge in [0.2, 0.25) is 5.95 Å². The quantitative estimate of drug-likeness (QED) is 0.276. The molecule has 33 heavy (non-hydrogen) atoms. The standard InChI is InChI=1S/C25H20N6O2/c1-17(18-6-3-2-4-7-18)28-25-26-13-12-24(29-25)30-16-27-22-15-20(10-11-23(22)30)19-8-5-9-21(14-19)31(32)33/h2-17H,1H3,(H,26,28,29). The largest absolute Gasteiger partial charge is 0.348 e. The summed E-state index contributed by atoms with van der Waals surface area (Å²) in [6.07, 6.45) is 3.43. The first-order chi connectivity index (χ1) is 16.1. The van der Waals surface area contributed by atoms with Gasteiger partial charge in [-0.05, 0) is 41.8 Å². The Morgan fingerprint density at radius 3 is 2.58 bits per heavy atom. The fourth-order valence-corrected chi connectivity index (χ4v) is 3.75. The number of hydrogen-bond acceptors (Lipinski definition) is 6. The monoisotopic (exact) mass is 436 g/mol. The topological polar surface area (TPSA) is 98.8 Å². The van der Waals surface area contributed by atoms with E-state index < -0.39 is 4.92 Å². The Bertz CT molecular complexity index is 1450. The molecule has 0 radical (unpaired) electrons. The Kier molecular flexibility index (Phi) is 5.24. The van der Waals surface area contributed by atoms with Crippen molar-refractivity contribution in [1.29, 1.82) is 0 Å². The first kappa shape index (κ1) is 20.3. The number of nitrogens with one attached hydrogen (secondary N) is 1. The first-order valence-electron chi connectivity index (χ1n) is 10.5. The zero-order valence-electron chi connectivity index (χ0n) is 17.8. The van der Waals surface area contributed by atoms with E-state index in [4.69, 9.17) is 0 Å². The highest BCUT2D eigenvalue weighted by Gasteiger charge is 2.12. The minimum absolute atomic E-state index is 0.0541. The molecule has 5 aromatic rings. The molecule has 162 valence electrons. The van der Waals surface area contributed by atoms with Crippen LogP contribution < -0.4 is 5.32 Å². The highest BCUT2D eigenvalue weighted by atomic mass is 16.6. The predicted molar refractivity (Wildman–Crippen MR) is 127 cm³/mol. The maximum atomic E-state index is 11.1. The molecule has 8 heteroatoms. The number of rotatable bonds is 6. The number of nitro groups is 1. The molecule has 2 aromatic heterocycles. The summed E-state index contributed by atoms with van der Waals surface area (Å²) in [6.45, 7) is 2.06. The smallest absolute Gasteiger partial charge is 0.270 e. The fourth-order valence-electron chi connectivity index (χ4n) is 3.75. The summed E-state index contributed by atoms with van der Waals surface area (Å²) in [4.78, 5) is 24.3. The molecule has 0 amide bonds. The Labute approximate surface area is 189 Å². The van der Waals surface area contributed by atoms with Crippen LogP contribution in [0.25, 0.3) is 28.0 Å². The molecular weight excluding hydrogens is 416 g/mol. The highest BCUT2D eigenvalue weighted by molar-refractivity contribution is 5.83. The lowest BCUT2D eigenvalue weighted by Gasteiger charge is -2.14. The normalized spacial score (nSPS) is 11.9. The summed E-state index contributed by atoms with van der Waals surface area (Å²) in [7, 11) is 0. The van der Waals surface area contributed by atoms with Crippen LogP contribution in [0.15, 0.2) is 91.4 Å². The molecule has 0 saturated carbocycles. The number of imidazole rings is 1. The molecular formula is C25H20N6O2. The van der Waals surface area contributed by atoms with Gasteiger partial charge >= 0.3 is 0 Å². The van der Waals surface area contributed by atoms with Gasteiger partial charge in [0.05, 0.1) is 22.0 Å². The van der Waals surface area contributed by atoms with Gasteiger partial charge in [-0.25, -0.2) is 9.97 Å². The minimum atomic E-state index is -0.393. The zero-order valence-corrected chi connectivity index (χ0v) is 17.8. The molecule has 0 aliphatic carbocycles. The van der Waals surface area contributed by atoms with Crippen molar-refractivity contribution in [3.05, 3.63) is 107 Å². The van der Waals surface area contributed by atoms with Crippen molar-refractivity contribution in [3.8, 4) is 16.9 Å². The van der Waals surface area contributed by atoms with E-state index in [0.29, 0.717) is 11.8 Å². The molecule has 0 spiro atoms. The lowest BCUT2D eigenvalue weighted by Crippen LogP contribution is -2.10. The van der Waals surface area contributed by atoms with E-state index in [-0.39, 0.29) is 11.7 Å². The van der Waals surface area contributed by atoms with Crippen LogP contribution in [0.4, 0.5) is 11.6 Å². The van der Waals surface area contributed by atoms with Gasteiger partial charge < -0.3 is 5.32 Å². The van der Waals surface area contributed by atoms with Crippen LogP contribution in [0, 0.1) is 10.1 Å². The average molecular weight is 436 g/mol. The number of nitrogens with zero attached hydrogens (tertiary/aromatic N) is 5. The van der Waals surface area contributed by atoms with Gasteiger partial charge in [-0.3, -0.25) is 14.7 Å². The van der Waals surface area contributed by atoms with Gasteiger partial charge in [0.15, 0.2) is 0 Å². The maximum Gasteiger partial charge on any atom is 0.270 e. The molecule has 2 heterocycles. The van der Waals surface area contributed by atoms with Crippen molar-refractivity contribution < 1.29 is 4.92 Å². The second-order valence-electron chi connectivity index (χ2n) is 7.64. The van der Waals surface area contributed by atoms with Gasteiger partial charge in [-0.15, -0.1) is 0 Å². The van der Waals surface area contributed by atoms with Crippen molar-refractivity contribution >= 4 is 22.7 Å². The molecule has 0 aliphatic heterocycles. The van der Waals surface area contributed by atoms with Crippen molar-refractivity contribution in [2.24, 2.45) is 0 Å². The zero-order chi connectivity index (χ0) is 22.8. The van der Waals surface area contributed by atoms with Crippen molar-refractivity contribution in [2.45, 2.75) is 13.0 Å². The molecule has 0 bridgehead atoms. The van der Waals surface area contributed by atoms with Gasteiger partial charge in [-0.2, -0.15) is 4.98 Å². The molecule has 0 aliphatic rings. The Hall–Kier alpha value is -4.59. The Morgan fingerprint density at radius 2 is 1.76 bits per heavy atom.